The van der Waals surface area contributed by atoms with Gasteiger partial charge in [-0.2, -0.15) is 0 Å². The van der Waals surface area contributed by atoms with Crippen LogP contribution >= 0.6 is 0 Å². The first kappa shape index (κ1) is 17.9. The minimum atomic E-state index is 0.330. The van der Waals surface area contributed by atoms with Crippen LogP contribution in [0.15, 0.2) is 12.1 Å². The molecular formula is C17H31N3O. The summed E-state index contributed by atoms with van der Waals surface area (Å²) in [6, 6.07) is 4.76. The highest BCUT2D eigenvalue weighted by atomic mass is 16.5. The Bertz CT molecular complexity index is 409. The fraction of sp³-hybridized carbons (Fsp3) is 0.706. The van der Waals surface area contributed by atoms with E-state index in [0.717, 1.165) is 44.9 Å². The molecule has 1 aromatic rings. The van der Waals surface area contributed by atoms with Gasteiger partial charge in [-0.05, 0) is 44.5 Å². The number of likely N-dealkylation sites (N-methyl/N-ethyl adjacent to an activating group) is 1. The molecule has 0 saturated heterocycles. The fourth-order valence-electron chi connectivity index (χ4n) is 2.57. The zero-order valence-corrected chi connectivity index (χ0v) is 14.3. The van der Waals surface area contributed by atoms with Gasteiger partial charge in [-0.1, -0.05) is 20.3 Å². The van der Waals surface area contributed by atoms with Gasteiger partial charge in [-0.3, -0.25) is 0 Å². The molecule has 120 valence electrons. The maximum absolute atomic E-state index is 5.30. The van der Waals surface area contributed by atoms with Crippen LogP contribution in [0.25, 0.3) is 0 Å². The monoisotopic (exact) mass is 293 g/mol. The van der Waals surface area contributed by atoms with Crippen LogP contribution in [0, 0.1) is 0 Å². The zero-order chi connectivity index (χ0) is 15.7. The lowest BCUT2D eigenvalue weighted by Gasteiger charge is -2.29. The number of aromatic nitrogens is 1. The van der Waals surface area contributed by atoms with Crippen molar-refractivity contribution in [2.24, 2.45) is 0 Å². The first-order valence-corrected chi connectivity index (χ1v) is 8.12. The lowest BCUT2D eigenvalue weighted by atomic mass is 10.1. The quantitative estimate of drug-likeness (QED) is 0.719. The predicted molar refractivity (Wildman–Crippen MR) is 90.0 cm³/mol. The van der Waals surface area contributed by atoms with Crippen molar-refractivity contribution in [2.75, 3.05) is 31.7 Å². The van der Waals surface area contributed by atoms with E-state index in [9.17, 15) is 0 Å². The van der Waals surface area contributed by atoms with Crippen molar-refractivity contribution in [3.05, 3.63) is 23.4 Å². The van der Waals surface area contributed by atoms with Crippen molar-refractivity contribution < 1.29 is 4.74 Å². The van der Waals surface area contributed by atoms with Gasteiger partial charge in [0.2, 0.25) is 0 Å². The summed E-state index contributed by atoms with van der Waals surface area (Å²) in [4.78, 5) is 7.17. The molecule has 0 amide bonds. The van der Waals surface area contributed by atoms with E-state index in [1.165, 1.54) is 11.3 Å². The average molecular weight is 293 g/mol. The van der Waals surface area contributed by atoms with Crippen LogP contribution in [0.5, 0.6) is 0 Å². The summed E-state index contributed by atoms with van der Waals surface area (Å²) in [6.07, 6.45) is 2.15. The Balaban J connectivity index is 3.03. The molecule has 1 rings (SSSR count). The predicted octanol–water partition coefficient (Wildman–Crippen LogP) is 3.00. The molecule has 0 bridgehead atoms. The van der Waals surface area contributed by atoms with Gasteiger partial charge < -0.3 is 15.0 Å². The average Bonchev–Trinajstić information content (AvgIpc) is 2.46. The first-order valence-electron chi connectivity index (χ1n) is 8.12. The van der Waals surface area contributed by atoms with Crippen LogP contribution in [0.3, 0.4) is 0 Å². The lowest BCUT2D eigenvalue weighted by molar-refractivity contribution is 0.181. The SMILES string of the molecule is CCCc1cc(CNCC)cc(N(CC)C(C)COC)n1. The summed E-state index contributed by atoms with van der Waals surface area (Å²) in [6.45, 7) is 12.2. The van der Waals surface area contributed by atoms with Crippen molar-refractivity contribution in [1.29, 1.82) is 0 Å². The highest BCUT2D eigenvalue weighted by molar-refractivity contribution is 5.44. The standard InChI is InChI=1S/C17H31N3O/c1-6-9-16-10-15(12-18-7-2)11-17(19-16)20(8-3)14(4)13-21-5/h10-11,14,18H,6-9,12-13H2,1-5H3. The van der Waals surface area contributed by atoms with E-state index in [0.29, 0.717) is 6.04 Å². The summed E-state index contributed by atoms with van der Waals surface area (Å²) in [5.74, 6) is 1.07. The highest BCUT2D eigenvalue weighted by Crippen LogP contribution is 2.19. The third-order valence-electron chi connectivity index (χ3n) is 3.58. The number of aryl methyl sites for hydroxylation is 1. The Hall–Kier alpha value is -1.13. The Morgan fingerprint density at radius 1 is 1.29 bits per heavy atom. The molecule has 0 saturated carbocycles. The molecule has 1 unspecified atom stereocenters. The molecule has 21 heavy (non-hydrogen) atoms. The summed E-state index contributed by atoms with van der Waals surface area (Å²) in [5.41, 5.74) is 2.50. The van der Waals surface area contributed by atoms with Gasteiger partial charge in [0.15, 0.2) is 0 Å². The summed E-state index contributed by atoms with van der Waals surface area (Å²) < 4.78 is 5.30. The number of nitrogens with zero attached hydrogens (tertiary/aromatic N) is 2. The van der Waals surface area contributed by atoms with E-state index >= 15 is 0 Å². The van der Waals surface area contributed by atoms with E-state index in [2.05, 4.69) is 50.0 Å². The van der Waals surface area contributed by atoms with Crippen molar-refractivity contribution in [1.82, 2.24) is 10.3 Å². The zero-order valence-electron chi connectivity index (χ0n) is 14.3. The van der Waals surface area contributed by atoms with E-state index in [1.54, 1.807) is 7.11 Å². The smallest absolute Gasteiger partial charge is 0.129 e. The molecule has 1 heterocycles. The molecule has 0 fully saturated rings. The number of hydrogen-bond donors (Lipinski definition) is 1. The second kappa shape index (κ2) is 9.74. The van der Waals surface area contributed by atoms with Crippen LogP contribution < -0.4 is 10.2 Å². The number of rotatable bonds is 10. The Kier molecular flexibility index (Phi) is 8.31. The van der Waals surface area contributed by atoms with Crippen LogP contribution in [0.4, 0.5) is 5.82 Å². The molecule has 0 aliphatic carbocycles. The van der Waals surface area contributed by atoms with Crippen LogP contribution in [-0.2, 0) is 17.7 Å². The van der Waals surface area contributed by atoms with Crippen LogP contribution in [-0.4, -0.2) is 37.8 Å². The van der Waals surface area contributed by atoms with Gasteiger partial charge in [0.25, 0.3) is 0 Å². The molecule has 0 spiro atoms. The molecule has 0 aliphatic rings. The number of ether oxygens (including phenoxy) is 1. The summed E-state index contributed by atoms with van der Waals surface area (Å²) in [7, 11) is 1.75. The molecule has 1 aromatic heterocycles. The normalized spacial score (nSPS) is 12.4. The van der Waals surface area contributed by atoms with Gasteiger partial charge in [0.05, 0.1) is 12.6 Å². The topological polar surface area (TPSA) is 37.4 Å². The summed E-state index contributed by atoms with van der Waals surface area (Å²) in [5, 5.41) is 3.40. The third kappa shape index (κ3) is 5.64. The van der Waals surface area contributed by atoms with Crippen LogP contribution in [0.2, 0.25) is 0 Å². The van der Waals surface area contributed by atoms with E-state index in [1.807, 2.05) is 0 Å². The lowest BCUT2D eigenvalue weighted by Crippen LogP contribution is -2.37. The van der Waals surface area contributed by atoms with E-state index in [-0.39, 0.29) is 0 Å². The van der Waals surface area contributed by atoms with E-state index in [4.69, 9.17) is 9.72 Å². The van der Waals surface area contributed by atoms with Crippen molar-refractivity contribution in [2.45, 2.75) is 53.1 Å². The Labute approximate surface area is 129 Å². The maximum Gasteiger partial charge on any atom is 0.129 e. The molecule has 1 atom stereocenters. The van der Waals surface area contributed by atoms with Crippen LogP contribution in [0.1, 0.15) is 45.4 Å². The highest BCUT2D eigenvalue weighted by Gasteiger charge is 2.15. The maximum atomic E-state index is 5.30. The van der Waals surface area contributed by atoms with Crippen molar-refractivity contribution in [3.63, 3.8) is 0 Å². The molecule has 0 aromatic carbocycles. The van der Waals surface area contributed by atoms with Gasteiger partial charge in [0.1, 0.15) is 5.82 Å². The fourth-order valence-corrected chi connectivity index (χ4v) is 2.57. The Morgan fingerprint density at radius 2 is 2.05 bits per heavy atom. The van der Waals surface area contributed by atoms with Gasteiger partial charge in [-0.15, -0.1) is 0 Å². The van der Waals surface area contributed by atoms with Gasteiger partial charge in [-0.25, -0.2) is 4.98 Å². The number of pyridine rings is 1. The number of nitrogens with one attached hydrogen (secondary N) is 1. The molecule has 1 N–H and O–H groups in total. The molecule has 0 radical (unpaired) electrons. The molecular weight excluding hydrogens is 262 g/mol. The number of anilines is 1. The second-order valence-corrected chi connectivity index (χ2v) is 5.45. The Morgan fingerprint density at radius 3 is 2.62 bits per heavy atom. The molecule has 4 heteroatoms. The second-order valence-electron chi connectivity index (χ2n) is 5.45. The number of hydrogen-bond acceptors (Lipinski definition) is 4. The minimum absolute atomic E-state index is 0.330. The van der Waals surface area contributed by atoms with E-state index < -0.39 is 0 Å². The van der Waals surface area contributed by atoms with Gasteiger partial charge >= 0.3 is 0 Å². The summed E-state index contributed by atoms with van der Waals surface area (Å²) >= 11 is 0. The first-order chi connectivity index (χ1) is 10.2. The number of methoxy groups -OCH3 is 1. The molecule has 4 nitrogen and oxygen atoms in total. The third-order valence-corrected chi connectivity index (χ3v) is 3.58. The molecule has 0 aliphatic heterocycles. The minimum Gasteiger partial charge on any atom is -0.383 e. The van der Waals surface area contributed by atoms with Crippen molar-refractivity contribution >= 4 is 5.82 Å². The largest absolute Gasteiger partial charge is 0.383 e. The van der Waals surface area contributed by atoms with Gasteiger partial charge in [0, 0.05) is 25.9 Å². The van der Waals surface area contributed by atoms with Crippen molar-refractivity contribution in [3.8, 4) is 0 Å².